The van der Waals surface area contributed by atoms with Crippen molar-refractivity contribution in [2.75, 3.05) is 31.2 Å². The zero-order valence-corrected chi connectivity index (χ0v) is 12.6. The molecule has 0 saturated carbocycles. The third-order valence-electron chi connectivity index (χ3n) is 3.52. The molecular weight excluding hydrogens is 286 g/mol. The average molecular weight is 304 g/mol. The van der Waals surface area contributed by atoms with E-state index in [1.54, 1.807) is 0 Å². The van der Waals surface area contributed by atoms with E-state index in [9.17, 15) is 0 Å². The van der Waals surface area contributed by atoms with Gasteiger partial charge >= 0.3 is 0 Å². The van der Waals surface area contributed by atoms with E-state index in [4.69, 9.17) is 21.1 Å². The maximum atomic E-state index is 6.38. The number of hydrogen-bond acceptors (Lipinski definition) is 3. The van der Waals surface area contributed by atoms with Gasteiger partial charge in [0.25, 0.3) is 0 Å². The highest BCUT2D eigenvalue weighted by Crippen LogP contribution is 2.30. The molecule has 0 unspecified atom stereocenters. The van der Waals surface area contributed by atoms with Crippen LogP contribution in [0, 0.1) is 0 Å². The molecule has 0 atom stereocenters. The molecule has 0 bridgehead atoms. The Hall–Kier alpha value is -1.71. The Labute approximate surface area is 130 Å². The molecule has 0 aliphatic carbocycles. The minimum atomic E-state index is 0.550. The van der Waals surface area contributed by atoms with Crippen LogP contribution in [-0.2, 0) is 11.3 Å². The molecule has 1 saturated heterocycles. The molecule has 3 nitrogen and oxygen atoms in total. The monoisotopic (exact) mass is 303 g/mol. The molecule has 0 spiro atoms. The standard InChI is InChI=1S/C17H18ClNO2/c18-16-12-15(21-13-14-4-2-1-3-5-14)6-7-17(16)19-8-10-20-11-9-19/h1-7,12H,8-11,13H2. The van der Waals surface area contributed by atoms with Gasteiger partial charge in [0.05, 0.1) is 23.9 Å². The van der Waals surface area contributed by atoms with Gasteiger partial charge in [0.1, 0.15) is 12.4 Å². The Morgan fingerprint density at radius 1 is 1.05 bits per heavy atom. The largest absolute Gasteiger partial charge is 0.489 e. The number of morpholine rings is 1. The fourth-order valence-electron chi connectivity index (χ4n) is 2.38. The van der Waals surface area contributed by atoms with E-state index in [0.717, 1.165) is 48.3 Å². The topological polar surface area (TPSA) is 21.7 Å². The summed E-state index contributed by atoms with van der Waals surface area (Å²) < 4.78 is 11.2. The summed E-state index contributed by atoms with van der Waals surface area (Å²) in [4.78, 5) is 2.24. The second kappa shape index (κ2) is 6.83. The van der Waals surface area contributed by atoms with Gasteiger partial charge in [-0.3, -0.25) is 0 Å². The van der Waals surface area contributed by atoms with Crippen LogP contribution in [-0.4, -0.2) is 26.3 Å². The van der Waals surface area contributed by atoms with Gasteiger partial charge in [-0.2, -0.15) is 0 Å². The molecule has 1 heterocycles. The Balaban J connectivity index is 1.66. The third kappa shape index (κ3) is 3.69. The second-order valence-electron chi connectivity index (χ2n) is 4.99. The van der Waals surface area contributed by atoms with Crippen molar-refractivity contribution in [3.63, 3.8) is 0 Å². The maximum Gasteiger partial charge on any atom is 0.121 e. The lowest BCUT2D eigenvalue weighted by Crippen LogP contribution is -2.36. The Morgan fingerprint density at radius 2 is 1.81 bits per heavy atom. The number of anilines is 1. The highest BCUT2D eigenvalue weighted by atomic mass is 35.5. The second-order valence-corrected chi connectivity index (χ2v) is 5.39. The van der Waals surface area contributed by atoms with Crippen LogP contribution >= 0.6 is 11.6 Å². The zero-order valence-electron chi connectivity index (χ0n) is 11.8. The number of halogens is 1. The number of hydrogen-bond donors (Lipinski definition) is 0. The third-order valence-corrected chi connectivity index (χ3v) is 3.82. The lowest BCUT2D eigenvalue weighted by molar-refractivity contribution is 0.122. The lowest BCUT2D eigenvalue weighted by Gasteiger charge is -2.29. The summed E-state index contributed by atoms with van der Waals surface area (Å²) in [6.45, 7) is 3.81. The van der Waals surface area contributed by atoms with Gasteiger partial charge < -0.3 is 14.4 Å². The molecule has 0 radical (unpaired) electrons. The highest BCUT2D eigenvalue weighted by molar-refractivity contribution is 6.33. The molecule has 1 aliphatic rings. The quantitative estimate of drug-likeness (QED) is 0.858. The van der Waals surface area contributed by atoms with Gasteiger partial charge in [0.15, 0.2) is 0 Å². The summed E-state index contributed by atoms with van der Waals surface area (Å²) in [5, 5.41) is 0.725. The van der Waals surface area contributed by atoms with Crippen LogP contribution in [0.15, 0.2) is 48.5 Å². The van der Waals surface area contributed by atoms with Gasteiger partial charge in [-0.25, -0.2) is 0 Å². The molecule has 2 aromatic carbocycles. The van der Waals surface area contributed by atoms with E-state index < -0.39 is 0 Å². The predicted octanol–water partition coefficient (Wildman–Crippen LogP) is 3.76. The first-order valence-electron chi connectivity index (χ1n) is 7.12. The maximum absolute atomic E-state index is 6.38. The van der Waals surface area contributed by atoms with Crippen molar-refractivity contribution >= 4 is 17.3 Å². The summed E-state index contributed by atoms with van der Waals surface area (Å²) in [7, 11) is 0. The molecule has 0 N–H and O–H groups in total. The van der Waals surface area contributed by atoms with Gasteiger partial charge in [-0.05, 0) is 17.7 Å². The van der Waals surface area contributed by atoms with E-state index in [1.807, 2.05) is 48.5 Å². The normalized spacial score (nSPS) is 15.0. The van der Waals surface area contributed by atoms with Crippen LogP contribution in [0.1, 0.15) is 5.56 Å². The van der Waals surface area contributed by atoms with E-state index in [2.05, 4.69) is 4.90 Å². The number of ether oxygens (including phenoxy) is 2. The zero-order chi connectivity index (χ0) is 14.5. The highest BCUT2D eigenvalue weighted by Gasteiger charge is 2.14. The van der Waals surface area contributed by atoms with Gasteiger partial charge in [0, 0.05) is 19.2 Å². The number of benzene rings is 2. The van der Waals surface area contributed by atoms with Crippen molar-refractivity contribution in [3.8, 4) is 5.75 Å². The SMILES string of the molecule is Clc1cc(OCc2ccccc2)ccc1N1CCOCC1. The Kier molecular flexibility index (Phi) is 4.63. The van der Waals surface area contributed by atoms with Crippen LogP contribution in [0.5, 0.6) is 5.75 Å². The Morgan fingerprint density at radius 3 is 2.52 bits per heavy atom. The minimum Gasteiger partial charge on any atom is -0.489 e. The molecule has 1 aliphatic heterocycles. The fourth-order valence-corrected chi connectivity index (χ4v) is 2.67. The van der Waals surface area contributed by atoms with E-state index in [1.165, 1.54) is 0 Å². The lowest BCUT2D eigenvalue weighted by atomic mass is 10.2. The van der Waals surface area contributed by atoms with Crippen molar-refractivity contribution in [2.24, 2.45) is 0 Å². The van der Waals surface area contributed by atoms with E-state index in [-0.39, 0.29) is 0 Å². The predicted molar refractivity (Wildman–Crippen MR) is 85.3 cm³/mol. The van der Waals surface area contributed by atoms with Crippen molar-refractivity contribution in [2.45, 2.75) is 6.61 Å². The number of nitrogens with zero attached hydrogens (tertiary/aromatic N) is 1. The van der Waals surface area contributed by atoms with Crippen LogP contribution in [0.2, 0.25) is 5.02 Å². The fraction of sp³-hybridized carbons (Fsp3) is 0.294. The molecule has 0 aromatic heterocycles. The van der Waals surface area contributed by atoms with Gasteiger partial charge in [-0.15, -0.1) is 0 Å². The van der Waals surface area contributed by atoms with Crippen LogP contribution in [0.3, 0.4) is 0 Å². The van der Waals surface area contributed by atoms with E-state index >= 15 is 0 Å². The molecule has 110 valence electrons. The smallest absolute Gasteiger partial charge is 0.121 e. The van der Waals surface area contributed by atoms with Crippen LogP contribution in [0.4, 0.5) is 5.69 Å². The molecule has 4 heteroatoms. The van der Waals surface area contributed by atoms with Crippen LogP contribution < -0.4 is 9.64 Å². The van der Waals surface area contributed by atoms with Gasteiger partial charge in [0.2, 0.25) is 0 Å². The molecule has 2 aromatic rings. The van der Waals surface area contributed by atoms with E-state index in [0.29, 0.717) is 6.61 Å². The summed E-state index contributed by atoms with van der Waals surface area (Å²) in [5.74, 6) is 0.792. The first-order chi connectivity index (χ1) is 10.3. The molecule has 21 heavy (non-hydrogen) atoms. The minimum absolute atomic E-state index is 0.550. The van der Waals surface area contributed by atoms with Crippen molar-refractivity contribution in [1.29, 1.82) is 0 Å². The van der Waals surface area contributed by atoms with Crippen LogP contribution in [0.25, 0.3) is 0 Å². The number of rotatable bonds is 4. The van der Waals surface area contributed by atoms with Crippen molar-refractivity contribution < 1.29 is 9.47 Å². The first kappa shape index (κ1) is 14.2. The molecule has 0 amide bonds. The van der Waals surface area contributed by atoms with Crippen molar-refractivity contribution in [1.82, 2.24) is 0 Å². The summed E-state index contributed by atoms with van der Waals surface area (Å²) in [6, 6.07) is 16.0. The van der Waals surface area contributed by atoms with Gasteiger partial charge in [-0.1, -0.05) is 41.9 Å². The van der Waals surface area contributed by atoms with Crippen molar-refractivity contribution in [3.05, 3.63) is 59.1 Å². The molecule has 1 fully saturated rings. The first-order valence-corrected chi connectivity index (χ1v) is 7.50. The Bertz CT molecular complexity index is 583. The molecular formula is C17H18ClNO2. The summed E-state index contributed by atoms with van der Waals surface area (Å²) in [5.41, 5.74) is 2.19. The molecule has 3 rings (SSSR count). The summed E-state index contributed by atoms with van der Waals surface area (Å²) in [6.07, 6.45) is 0. The average Bonchev–Trinajstić information content (AvgIpc) is 2.55. The summed E-state index contributed by atoms with van der Waals surface area (Å²) >= 11 is 6.38.